The van der Waals surface area contributed by atoms with Crippen LogP contribution >= 0.6 is 0 Å². The highest BCUT2D eigenvalue weighted by atomic mass is 15.3. The molecule has 3 rings (SSSR count). The summed E-state index contributed by atoms with van der Waals surface area (Å²) in [4.78, 5) is 5.31. The smallest absolute Gasteiger partial charge is 0.0194 e. The molecule has 0 bridgehead atoms. The van der Waals surface area contributed by atoms with Crippen LogP contribution < -0.4 is 5.32 Å². The predicted molar refractivity (Wildman–Crippen MR) is 66.6 cm³/mol. The molecular formula is C13H23N3. The van der Waals surface area contributed by atoms with E-state index in [-0.39, 0.29) is 0 Å². The largest absolute Gasteiger partial charge is 0.309 e. The third kappa shape index (κ3) is 2.31. The van der Waals surface area contributed by atoms with Gasteiger partial charge in [-0.25, -0.2) is 0 Å². The molecule has 90 valence electrons. The molecule has 0 radical (unpaired) electrons. The van der Waals surface area contributed by atoms with Gasteiger partial charge in [0.1, 0.15) is 0 Å². The molecule has 0 aromatic rings. The summed E-state index contributed by atoms with van der Waals surface area (Å²) in [5.41, 5.74) is 3.25. The van der Waals surface area contributed by atoms with Gasteiger partial charge in [-0.2, -0.15) is 0 Å². The lowest BCUT2D eigenvalue weighted by molar-refractivity contribution is 0.134. The quantitative estimate of drug-likeness (QED) is 0.707. The first-order valence-electron chi connectivity index (χ1n) is 6.67. The summed E-state index contributed by atoms with van der Waals surface area (Å²) < 4.78 is 0. The minimum Gasteiger partial charge on any atom is -0.309 e. The highest BCUT2D eigenvalue weighted by molar-refractivity contribution is 5.22. The minimum atomic E-state index is 0.956. The van der Waals surface area contributed by atoms with Gasteiger partial charge in [0.05, 0.1) is 0 Å². The maximum atomic E-state index is 3.32. The van der Waals surface area contributed by atoms with Crippen LogP contribution in [0.5, 0.6) is 0 Å². The maximum Gasteiger partial charge on any atom is 0.0194 e. The summed E-state index contributed by atoms with van der Waals surface area (Å²) in [6.07, 6.45) is 2.91. The summed E-state index contributed by atoms with van der Waals surface area (Å²) in [5.74, 6) is 0. The van der Waals surface area contributed by atoms with Crippen LogP contribution in [0.1, 0.15) is 19.8 Å². The van der Waals surface area contributed by atoms with E-state index in [0.717, 1.165) is 19.1 Å². The fourth-order valence-corrected chi connectivity index (χ4v) is 2.73. The van der Waals surface area contributed by atoms with E-state index in [2.05, 4.69) is 22.0 Å². The molecule has 3 nitrogen and oxygen atoms in total. The van der Waals surface area contributed by atoms with E-state index in [1.807, 2.05) is 0 Å². The van der Waals surface area contributed by atoms with Gasteiger partial charge in [-0.3, -0.25) is 9.80 Å². The lowest BCUT2D eigenvalue weighted by Crippen LogP contribution is -2.48. The van der Waals surface area contributed by atoms with Crippen molar-refractivity contribution in [1.29, 1.82) is 0 Å². The molecule has 2 heterocycles. The highest BCUT2D eigenvalue weighted by Gasteiger charge is 2.31. The average Bonchev–Trinajstić information content (AvgIpc) is 2.99. The third-order valence-corrected chi connectivity index (χ3v) is 4.21. The molecule has 1 N–H and O–H groups in total. The topological polar surface area (TPSA) is 18.5 Å². The van der Waals surface area contributed by atoms with Crippen molar-refractivity contribution in [1.82, 2.24) is 15.1 Å². The molecule has 1 saturated carbocycles. The van der Waals surface area contributed by atoms with Crippen LogP contribution in [-0.4, -0.2) is 61.7 Å². The Kier molecular flexibility index (Phi) is 3.01. The molecule has 3 aliphatic rings. The molecule has 0 aromatic carbocycles. The van der Waals surface area contributed by atoms with Gasteiger partial charge >= 0.3 is 0 Å². The van der Waals surface area contributed by atoms with Gasteiger partial charge in [0, 0.05) is 51.9 Å². The second kappa shape index (κ2) is 4.47. The third-order valence-electron chi connectivity index (χ3n) is 4.21. The van der Waals surface area contributed by atoms with Gasteiger partial charge in [-0.1, -0.05) is 5.57 Å². The first-order valence-corrected chi connectivity index (χ1v) is 6.67. The van der Waals surface area contributed by atoms with Crippen LogP contribution in [0.2, 0.25) is 0 Å². The van der Waals surface area contributed by atoms with Crippen molar-refractivity contribution in [2.24, 2.45) is 0 Å². The number of piperazine rings is 1. The number of rotatable bonds is 3. The Hall–Kier alpha value is -0.380. The predicted octanol–water partition coefficient (Wildman–Crippen LogP) is 0.686. The minimum absolute atomic E-state index is 0.956. The van der Waals surface area contributed by atoms with Crippen LogP contribution in [0, 0.1) is 0 Å². The fraction of sp³-hybridized carbons (Fsp3) is 0.846. The van der Waals surface area contributed by atoms with E-state index in [1.54, 1.807) is 11.1 Å². The van der Waals surface area contributed by atoms with Crippen LogP contribution in [-0.2, 0) is 0 Å². The zero-order valence-electron chi connectivity index (χ0n) is 10.3. The van der Waals surface area contributed by atoms with Crippen molar-refractivity contribution < 1.29 is 0 Å². The summed E-state index contributed by atoms with van der Waals surface area (Å²) in [6, 6.07) is 0.956. The zero-order chi connectivity index (χ0) is 11.0. The van der Waals surface area contributed by atoms with Gasteiger partial charge < -0.3 is 5.32 Å². The number of hydrogen-bond acceptors (Lipinski definition) is 3. The van der Waals surface area contributed by atoms with Crippen molar-refractivity contribution in [2.75, 3.05) is 45.8 Å². The summed E-state index contributed by atoms with van der Waals surface area (Å²) in [6.45, 7) is 10.9. The van der Waals surface area contributed by atoms with Crippen LogP contribution in [0.4, 0.5) is 0 Å². The van der Waals surface area contributed by atoms with Gasteiger partial charge in [-0.15, -0.1) is 0 Å². The Morgan fingerprint density at radius 2 is 1.88 bits per heavy atom. The van der Waals surface area contributed by atoms with Crippen LogP contribution in [0.25, 0.3) is 0 Å². The Balaban J connectivity index is 1.46. The molecule has 3 heteroatoms. The van der Waals surface area contributed by atoms with Crippen LogP contribution in [0.15, 0.2) is 11.1 Å². The molecule has 16 heavy (non-hydrogen) atoms. The molecule has 2 aliphatic heterocycles. The number of nitrogens with one attached hydrogen (secondary N) is 1. The Bertz CT molecular complexity index is 280. The van der Waals surface area contributed by atoms with Crippen molar-refractivity contribution >= 4 is 0 Å². The van der Waals surface area contributed by atoms with Gasteiger partial charge in [0.15, 0.2) is 0 Å². The van der Waals surface area contributed by atoms with E-state index in [0.29, 0.717) is 0 Å². The van der Waals surface area contributed by atoms with Gasteiger partial charge in [0.2, 0.25) is 0 Å². The van der Waals surface area contributed by atoms with E-state index in [1.165, 1.54) is 45.6 Å². The van der Waals surface area contributed by atoms with Crippen molar-refractivity contribution in [2.45, 2.75) is 25.8 Å². The summed E-state index contributed by atoms with van der Waals surface area (Å²) in [7, 11) is 0. The summed E-state index contributed by atoms with van der Waals surface area (Å²) >= 11 is 0. The SMILES string of the molecule is CC(CN1CCN(C2CC2)CC1)=C1CNC1. The van der Waals surface area contributed by atoms with Crippen molar-refractivity contribution in [3.63, 3.8) is 0 Å². The molecule has 3 fully saturated rings. The average molecular weight is 221 g/mol. The molecule has 0 spiro atoms. The Morgan fingerprint density at radius 1 is 1.19 bits per heavy atom. The standard InChI is InChI=1S/C13H23N3/c1-11(12-8-14-9-12)10-15-4-6-16(7-5-15)13-2-3-13/h13-14H,2-10H2,1H3. The molecule has 0 amide bonds. The lowest BCUT2D eigenvalue weighted by Gasteiger charge is -2.35. The first-order chi connectivity index (χ1) is 7.83. The normalized spacial score (nSPS) is 27.9. The van der Waals surface area contributed by atoms with Gasteiger partial charge in [-0.05, 0) is 25.3 Å². The molecule has 2 saturated heterocycles. The van der Waals surface area contributed by atoms with Crippen LogP contribution in [0.3, 0.4) is 0 Å². The van der Waals surface area contributed by atoms with Gasteiger partial charge in [0.25, 0.3) is 0 Å². The van der Waals surface area contributed by atoms with Crippen molar-refractivity contribution in [3.8, 4) is 0 Å². The second-order valence-electron chi connectivity index (χ2n) is 5.53. The molecular weight excluding hydrogens is 198 g/mol. The molecule has 0 aromatic heterocycles. The lowest BCUT2D eigenvalue weighted by atomic mass is 10.0. The monoisotopic (exact) mass is 221 g/mol. The molecule has 0 unspecified atom stereocenters. The summed E-state index contributed by atoms with van der Waals surface area (Å²) in [5, 5.41) is 3.32. The molecule has 0 atom stereocenters. The van der Waals surface area contributed by atoms with E-state index >= 15 is 0 Å². The Labute approximate surface area is 98.5 Å². The fourth-order valence-electron chi connectivity index (χ4n) is 2.73. The van der Waals surface area contributed by atoms with Crippen molar-refractivity contribution in [3.05, 3.63) is 11.1 Å². The van der Waals surface area contributed by atoms with E-state index < -0.39 is 0 Å². The first kappa shape index (κ1) is 10.8. The maximum absolute atomic E-state index is 3.32. The second-order valence-corrected chi connectivity index (χ2v) is 5.53. The number of hydrogen-bond donors (Lipinski definition) is 1. The highest BCUT2D eigenvalue weighted by Crippen LogP contribution is 2.27. The number of nitrogens with zero attached hydrogens (tertiary/aromatic N) is 2. The molecule has 1 aliphatic carbocycles. The van der Waals surface area contributed by atoms with E-state index in [4.69, 9.17) is 0 Å². The Morgan fingerprint density at radius 3 is 2.38 bits per heavy atom. The van der Waals surface area contributed by atoms with E-state index in [9.17, 15) is 0 Å². The zero-order valence-corrected chi connectivity index (χ0v) is 10.3.